The summed E-state index contributed by atoms with van der Waals surface area (Å²) in [6.07, 6.45) is 0.820. The minimum atomic E-state index is -0.463. The second-order valence-electron chi connectivity index (χ2n) is 6.12. The maximum absolute atomic E-state index is 12.1. The van der Waals surface area contributed by atoms with E-state index in [1.807, 2.05) is 45.9 Å². The maximum Gasteiger partial charge on any atom is 0.410 e. The van der Waals surface area contributed by atoms with Gasteiger partial charge in [0, 0.05) is 25.3 Å². The van der Waals surface area contributed by atoms with Crippen molar-refractivity contribution in [1.82, 2.24) is 4.90 Å². The maximum atomic E-state index is 12.1. The molecule has 4 heteroatoms. The summed E-state index contributed by atoms with van der Waals surface area (Å²) < 4.78 is 5.43. The highest BCUT2D eigenvalue weighted by molar-refractivity contribution is 5.68. The Hall–Kier alpha value is -1.71. The summed E-state index contributed by atoms with van der Waals surface area (Å²) >= 11 is 0. The molecule has 0 saturated heterocycles. The molecule has 0 fully saturated rings. The fourth-order valence-electron chi connectivity index (χ4n) is 1.90. The first-order chi connectivity index (χ1) is 9.85. The second kappa shape index (κ2) is 7.91. The predicted octanol–water partition coefficient (Wildman–Crippen LogP) is 4.27. The van der Waals surface area contributed by atoms with Gasteiger partial charge in [0.25, 0.3) is 0 Å². The van der Waals surface area contributed by atoms with Gasteiger partial charge in [-0.2, -0.15) is 0 Å². The van der Waals surface area contributed by atoms with E-state index in [1.165, 1.54) is 0 Å². The number of nitrogens with zero attached hydrogens (tertiary/aromatic N) is 1. The van der Waals surface area contributed by atoms with Crippen LogP contribution < -0.4 is 5.32 Å². The first-order valence-corrected chi connectivity index (χ1v) is 7.66. The van der Waals surface area contributed by atoms with E-state index in [1.54, 1.807) is 4.90 Å². The van der Waals surface area contributed by atoms with Crippen LogP contribution in [0.2, 0.25) is 0 Å². The topological polar surface area (TPSA) is 41.6 Å². The van der Waals surface area contributed by atoms with Crippen LogP contribution in [0.5, 0.6) is 0 Å². The van der Waals surface area contributed by atoms with Crippen molar-refractivity contribution >= 4 is 11.8 Å². The highest BCUT2D eigenvalue weighted by atomic mass is 16.6. The van der Waals surface area contributed by atoms with Crippen molar-refractivity contribution in [1.29, 1.82) is 0 Å². The van der Waals surface area contributed by atoms with Crippen molar-refractivity contribution in [2.24, 2.45) is 0 Å². The van der Waals surface area contributed by atoms with Crippen LogP contribution in [0.3, 0.4) is 0 Å². The SMILES string of the molecule is CCCNc1cccc(CN(CC)C(=O)OC(C)(C)C)c1. The summed E-state index contributed by atoms with van der Waals surface area (Å²) in [5, 5.41) is 3.36. The van der Waals surface area contributed by atoms with E-state index >= 15 is 0 Å². The Kier molecular flexibility index (Phi) is 6.53. The third-order valence-electron chi connectivity index (χ3n) is 2.91. The highest BCUT2D eigenvalue weighted by Gasteiger charge is 2.21. The van der Waals surface area contributed by atoms with E-state index in [9.17, 15) is 4.79 Å². The lowest BCUT2D eigenvalue weighted by atomic mass is 10.2. The van der Waals surface area contributed by atoms with Gasteiger partial charge in [-0.1, -0.05) is 19.1 Å². The zero-order chi connectivity index (χ0) is 15.9. The second-order valence-corrected chi connectivity index (χ2v) is 6.12. The van der Waals surface area contributed by atoms with Crippen LogP contribution in [0.1, 0.15) is 46.6 Å². The average Bonchev–Trinajstić information content (AvgIpc) is 2.41. The Morgan fingerprint density at radius 1 is 1.29 bits per heavy atom. The van der Waals surface area contributed by atoms with Crippen molar-refractivity contribution < 1.29 is 9.53 Å². The molecule has 21 heavy (non-hydrogen) atoms. The number of carbonyl (C=O) groups is 1. The Labute approximate surface area is 128 Å². The third kappa shape index (κ3) is 6.52. The molecule has 0 heterocycles. The van der Waals surface area contributed by atoms with E-state index in [0.29, 0.717) is 13.1 Å². The molecule has 0 aliphatic carbocycles. The summed E-state index contributed by atoms with van der Waals surface area (Å²) in [6, 6.07) is 8.17. The molecule has 0 aromatic heterocycles. The third-order valence-corrected chi connectivity index (χ3v) is 2.91. The summed E-state index contributed by atoms with van der Waals surface area (Å²) in [6.45, 7) is 11.9. The molecule has 0 saturated carbocycles. The Morgan fingerprint density at radius 2 is 2.00 bits per heavy atom. The number of nitrogens with one attached hydrogen (secondary N) is 1. The molecule has 1 rings (SSSR count). The summed E-state index contributed by atoms with van der Waals surface area (Å²) in [5.74, 6) is 0. The van der Waals surface area contributed by atoms with E-state index in [4.69, 9.17) is 4.74 Å². The van der Waals surface area contributed by atoms with Gasteiger partial charge in [-0.15, -0.1) is 0 Å². The van der Waals surface area contributed by atoms with Crippen LogP contribution >= 0.6 is 0 Å². The minimum absolute atomic E-state index is 0.267. The zero-order valence-corrected chi connectivity index (χ0v) is 13.9. The minimum Gasteiger partial charge on any atom is -0.444 e. The molecule has 118 valence electrons. The average molecular weight is 292 g/mol. The van der Waals surface area contributed by atoms with Gasteiger partial charge in [0.1, 0.15) is 5.60 Å². The number of benzene rings is 1. The lowest BCUT2D eigenvalue weighted by Gasteiger charge is -2.26. The molecule has 0 aliphatic heterocycles. The quantitative estimate of drug-likeness (QED) is 0.851. The molecule has 1 aromatic carbocycles. The van der Waals surface area contributed by atoms with Gasteiger partial charge >= 0.3 is 6.09 Å². The molecular weight excluding hydrogens is 264 g/mol. The summed E-state index contributed by atoms with van der Waals surface area (Å²) in [5.41, 5.74) is 1.73. The van der Waals surface area contributed by atoms with E-state index in [2.05, 4.69) is 18.3 Å². The molecule has 0 unspecified atom stereocenters. The molecule has 0 spiro atoms. The number of hydrogen-bond donors (Lipinski definition) is 1. The van der Waals surface area contributed by atoms with Crippen LogP contribution in [0, 0.1) is 0 Å². The first kappa shape index (κ1) is 17.3. The van der Waals surface area contributed by atoms with Crippen LogP contribution in [0.15, 0.2) is 24.3 Å². The molecule has 4 nitrogen and oxygen atoms in total. The van der Waals surface area contributed by atoms with Crippen molar-refractivity contribution in [3.63, 3.8) is 0 Å². The number of hydrogen-bond acceptors (Lipinski definition) is 3. The van der Waals surface area contributed by atoms with E-state index in [-0.39, 0.29) is 6.09 Å². The normalized spacial score (nSPS) is 11.1. The van der Waals surface area contributed by atoms with Crippen LogP contribution in [0.25, 0.3) is 0 Å². The van der Waals surface area contributed by atoms with Crippen LogP contribution in [0.4, 0.5) is 10.5 Å². The highest BCUT2D eigenvalue weighted by Crippen LogP contribution is 2.15. The molecule has 1 aromatic rings. The molecule has 1 amide bonds. The number of amides is 1. The molecule has 0 radical (unpaired) electrons. The van der Waals surface area contributed by atoms with Crippen LogP contribution in [-0.4, -0.2) is 29.7 Å². The van der Waals surface area contributed by atoms with Gasteiger partial charge in [-0.25, -0.2) is 4.79 Å². The predicted molar refractivity (Wildman–Crippen MR) is 87.5 cm³/mol. The summed E-state index contributed by atoms with van der Waals surface area (Å²) in [4.78, 5) is 13.9. The standard InChI is InChI=1S/C17H28N2O2/c1-6-11-18-15-10-8-9-14(12-15)13-19(7-2)16(20)21-17(3,4)5/h8-10,12,18H,6-7,11,13H2,1-5H3. The van der Waals surface area contributed by atoms with Gasteiger partial charge in [0.15, 0.2) is 0 Å². The zero-order valence-electron chi connectivity index (χ0n) is 13.9. The van der Waals surface area contributed by atoms with E-state index in [0.717, 1.165) is 24.2 Å². The van der Waals surface area contributed by atoms with Crippen molar-refractivity contribution in [3.05, 3.63) is 29.8 Å². The first-order valence-electron chi connectivity index (χ1n) is 7.66. The number of anilines is 1. The van der Waals surface area contributed by atoms with E-state index < -0.39 is 5.60 Å². The number of rotatable bonds is 6. The smallest absolute Gasteiger partial charge is 0.410 e. The molecular formula is C17H28N2O2. The van der Waals surface area contributed by atoms with Crippen molar-refractivity contribution in [2.75, 3.05) is 18.4 Å². The summed E-state index contributed by atoms with van der Waals surface area (Å²) in [7, 11) is 0. The fourth-order valence-corrected chi connectivity index (χ4v) is 1.90. The van der Waals surface area contributed by atoms with Crippen molar-refractivity contribution in [2.45, 2.75) is 53.2 Å². The molecule has 0 atom stereocenters. The fraction of sp³-hybridized carbons (Fsp3) is 0.588. The lowest BCUT2D eigenvalue weighted by molar-refractivity contribution is 0.0244. The molecule has 1 N–H and O–H groups in total. The number of carbonyl (C=O) groups excluding carboxylic acids is 1. The molecule has 0 aliphatic rings. The van der Waals surface area contributed by atoms with Gasteiger partial charge in [-0.3, -0.25) is 0 Å². The van der Waals surface area contributed by atoms with Gasteiger partial charge in [-0.05, 0) is 51.8 Å². The van der Waals surface area contributed by atoms with Crippen molar-refractivity contribution in [3.8, 4) is 0 Å². The van der Waals surface area contributed by atoms with Gasteiger partial charge in [0.2, 0.25) is 0 Å². The Balaban J connectivity index is 2.70. The van der Waals surface area contributed by atoms with Crippen LogP contribution in [-0.2, 0) is 11.3 Å². The largest absolute Gasteiger partial charge is 0.444 e. The van der Waals surface area contributed by atoms with Gasteiger partial charge in [0.05, 0.1) is 0 Å². The Bertz CT molecular complexity index is 452. The molecule has 0 bridgehead atoms. The van der Waals surface area contributed by atoms with Gasteiger partial charge < -0.3 is 15.0 Å². The lowest BCUT2D eigenvalue weighted by Crippen LogP contribution is -2.36. The number of ether oxygens (including phenoxy) is 1. The Morgan fingerprint density at radius 3 is 2.57 bits per heavy atom. The monoisotopic (exact) mass is 292 g/mol.